The number of allylic oxidation sites excluding steroid dienone is 1. The molecule has 4 heteroatoms. The van der Waals surface area contributed by atoms with E-state index in [1.807, 2.05) is 13.0 Å². The van der Waals surface area contributed by atoms with E-state index < -0.39 is 0 Å². The predicted molar refractivity (Wildman–Crippen MR) is 51.9 cm³/mol. The van der Waals surface area contributed by atoms with Crippen LogP contribution >= 0.6 is 0 Å². The van der Waals surface area contributed by atoms with Gasteiger partial charge in [-0.15, -0.1) is 0 Å². The van der Waals surface area contributed by atoms with Crippen LogP contribution in [0.1, 0.15) is 5.56 Å². The van der Waals surface area contributed by atoms with E-state index >= 15 is 0 Å². The molecule has 0 aliphatic carbocycles. The van der Waals surface area contributed by atoms with Gasteiger partial charge in [-0.3, -0.25) is 0 Å². The molecule has 0 spiro atoms. The van der Waals surface area contributed by atoms with Gasteiger partial charge in [0.15, 0.2) is 0 Å². The van der Waals surface area contributed by atoms with E-state index in [0.717, 1.165) is 5.56 Å². The Morgan fingerprint density at radius 1 is 1.43 bits per heavy atom. The lowest BCUT2D eigenvalue weighted by Gasteiger charge is -1.98. The van der Waals surface area contributed by atoms with Crippen molar-refractivity contribution in [3.05, 3.63) is 35.7 Å². The van der Waals surface area contributed by atoms with Gasteiger partial charge in [0.25, 0.3) is 0 Å². The van der Waals surface area contributed by atoms with Gasteiger partial charge in [0.2, 0.25) is 0 Å². The molecule has 0 amide bonds. The van der Waals surface area contributed by atoms with Crippen molar-refractivity contribution in [2.24, 2.45) is 0 Å². The van der Waals surface area contributed by atoms with Crippen LogP contribution in [0.3, 0.4) is 0 Å². The van der Waals surface area contributed by atoms with E-state index in [1.54, 1.807) is 24.4 Å². The van der Waals surface area contributed by atoms with Gasteiger partial charge in [-0.1, -0.05) is 6.07 Å². The van der Waals surface area contributed by atoms with Gasteiger partial charge >= 0.3 is 0 Å². The van der Waals surface area contributed by atoms with E-state index in [2.05, 4.69) is 10.3 Å². The summed E-state index contributed by atoms with van der Waals surface area (Å²) in [6.07, 6.45) is 3.03. The number of anilines is 1. The van der Waals surface area contributed by atoms with Gasteiger partial charge in [-0.2, -0.15) is 10.5 Å². The van der Waals surface area contributed by atoms with Crippen LogP contribution in [0.25, 0.3) is 0 Å². The van der Waals surface area contributed by atoms with Crippen molar-refractivity contribution >= 4 is 5.82 Å². The first kappa shape index (κ1) is 9.76. The largest absolute Gasteiger partial charge is 0.345 e. The quantitative estimate of drug-likeness (QED) is 0.710. The van der Waals surface area contributed by atoms with E-state index in [1.165, 1.54) is 6.20 Å². The maximum atomic E-state index is 8.45. The Morgan fingerprint density at radius 3 is 2.64 bits per heavy atom. The highest BCUT2D eigenvalue weighted by Crippen LogP contribution is 2.04. The lowest BCUT2D eigenvalue weighted by molar-refractivity contribution is 1.26. The van der Waals surface area contributed by atoms with E-state index in [0.29, 0.717) is 5.82 Å². The average molecular weight is 184 g/mol. The molecular weight excluding hydrogens is 176 g/mol. The lowest BCUT2D eigenvalue weighted by atomic mass is 10.3. The van der Waals surface area contributed by atoms with Crippen LogP contribution in [-0.2, 0) is 0 Å². The van der Waals surface area contributed by atoms with Crippen LogP contribution in [0.15, 0.2) is 30.1 Å². The summed E-state index contributed by atoms with van der Waals surface area (Å²) in [7, 11) is 0. The van der Waals surface area contributed by atoms with E-state index in [9.17, 15) is 0 Å². The Kier molecular flexibility index (Phi) is 3.23. The Labute approximate surface area is 82.1 Å². The van der Waals surface area contributed by atoms with E-state index in [4.69, 9.17) is 10.5 Å². The van der Waals surface area contributed by atoms with Gasteiger partial charge in [0, 0.05) is 12.4 Å². The molecule has 0 radical (unpaired) electrons. The molecule has 4 nitrogen and oxygen atoms in total. The van der Waals surface area contributed by atoms with Crippen LogP contribution in [0.4, 0.5) is 5.82 Å². The minimum Gasteiger partial charge on any atom is -0.345 e. The molecule has 0 atom stereocenters. The zero-order valence-electron chi connectivity index (χ0n) is 7.65. The minimum absolute atomic E-state index is 0.0207. The van der Waals surface area contributed by atoms with Crippen LogP contribution in [0.2, 0.25) is 0 Å². The Morgan fingerprint density at radius 2 is 2.14 bits per heavy atom. The second-order valence-electron chi connectivity index (χ2n) is 2.65. The molecule has 0 aliphatic heterocycles. The van der Waals surface area contributed by atoms with Crippen LogP contribution in [0.5, 0.6) is 0 Å². The highest BCUT2D eigenvalue weighted by atomic mass is 15.0. The van der Waals surface area contributed by atoms with Crippen LogP contribution in [0, 0.1) is 29.6 Å². The number of nitriles is 2. The van der Waals surface area contributed by atoms with E-state index in [-0.39, 0.29) is 5.57 Å². The van der Waals surface area contributed by atoms with Gasteiger partial charge in [0.1, 0.15) is 23.5 Å². The number of hydrogen-bond donors (Lipinski definition) is 1. The van der Waals surface area contributed by atoms with Crippen molar-refractivity contribution in [1.82, 2.24) is 4.98 Å². The monoisotopic (exact) mass is 184 g/mol. The molecule has 0 unspecified atom stereocenters. The number of nitrogens with zero attached hydrogens (tertiary/aromatic N) is 3. The maximum absolute atomic E-state index is 8.45. The number of aryl methyl sites for hydroxylation is 1. The summed E-state index contributed by atoms with van der Waals surface area (Å²) >= 11 is 0. The summed E-state index contributed by atoms with van der Waals surface area (Å²) in [5, 5.41) is 19.6. The molecule has 14 heavy (non-hydrogen) atoms. The number of pyridine rings is 1. The Balaban J connectivity index is 2.73. The fourth-order valence-corrected chi connectivity index (χ4v) is 0.789. The molecule has 0 aromatic carbocycles. The smallest absolute Gasteiger partial charge is 0.145 e. The molecule has 0 bridgehead atoms. The number of aromatic nitrogens is 1. The topological polar surface area (TPSA) is 72.5 Å². The maximum Gasteiger partial charge on any atom is 0.145 e. The first-order chi connectivity index (χ1) is 6.76. The molecule has 1 aromatic heterocycles. The first-order valence-electron chi connectivity index (χ1n) is 3.96. The second kappa shape index (κ2) is 4.64. The number of nitrogens with one attached hydrogen (secondary N) is 1. The normalized spacial score (nSPS) is 8.21. The molecule has 1 rings (SSSR count). The molecule has 0 saturated heterocycles. The van der Waals surface area contributed by atoms with Crippen molar-refractivity contribution < 1.29 is 0 Å². The molecule has 1 aromatic rings. The van der Waals surface area contributed by atoms with Gasteiger partial charge < -0.3 is 5.32 Å². The zero-order chi connectivity index (χ0) is 10.4. The molecule has 0 saturated carbocycles. The molecule has 68 valence electrons. The van der Waals surface area contributed by atoms with Crippen molar-refractivity contribution in [3.8, 4) is 12.1 Å². The van der Waals surface area contributed by atoms with Gasteiger partial charge in [0.05, 0.1) is 0 Å². The molecule has 1 heterocycles. The second-order valence-corrected chi connectivity index (χ2v) is 2.65. The third-order valence-electron chi connectivity index (χ3n) is 1.52. The Bertz CT molecular complexity index is 401. The Hall–Kier alpha value is -2.33. The molecule has 1 N–H and O–H groups in total. The fourth-order valence-electron chi connectivity index (χ4n) is 0.789. The molecule has 0 aliphatic rings. The summed E-state index contributed by atoms with van der Waals surface area (Å²) in [5.41, 5.74) is 1.08. The van der Waals surface area contributed by atoms with Crippen molar-refractivity contribution in [1.29, 1.82) is 10.5 Å². The molecule has 0 fully saturated rings. The minimum atomic E-state index is 0.0207. The van der Waals surface area contributed by atoms with Crippen molar-refractivity contribution in [2.75, 3.05) is 5.32 Å². The van der Waals surface area contributed by atoms with Gasteiger partial charge in [-0.25, -0.2) is 4.98 Å². The first-order valence-corrected chi connectivity index (χ1v) is 3.96. The standard InChI is InChI=1S/C10H8N4/c1-8-2-3-10(13-6-8)14-7-9(4-11)5-12/h2-3,6-7H,1H3,(H,13,14). The van der Waals surface area contributed by atoms with Crippen molar-refractivity contribution in [3.63, 3.8) is 0 Å². The SMILES string of the molecule is Cc1ccc(NC=C(C#N)C#N)nc1. The highest BCUT2D eigenvalue weighted by molar-refractivity contribution is 5.44. The molecular formula is C10H8N4. The van der Waals surface area contributed by atoms with Gasteiger partial charge in [-0.05, 0) is 18.6 Å². The number of rotatable bonds is 2. The summed E-state index contributed by atoms with van der Waals surface area (Å²) in [6.45, 7) is 1.93. The highest BCUT2D eigenvalue weighted by Gasteiger charge is 1.92. The summed E-state index contributed by atoms with van der Waals surface area (Å²) in [5.74, 6) is 0.610. The van der Waals surface area contributed by atoms with Crippen LogP contribution in [-0.4, -0.2) is 4.98 Å². The number of hydrogen-bond acceptors (Lipinski definition) is 4. The van der Waals surface area contributed by atoms with Crippen molar-refractivity contribution in [2.45, 2.75) is 6.92 Å². The predicted octanol–water partition coefficient (Wildman–Crippen LogP) is 1.73. The summed E-state index contributed by atoms with van der Waals surface area (Å²) in [4.78, 5) is 4.04. The third-order valence-corrected chi connectivity index (χ3v) is 1.52. The average Bonchev–Trinajstić information content (AvgIpc) is 2.22. The van der Waals surface area contributed by atoms with Crippen LogP contribution < -0.4 is 5.32 Å². The fraction of sp³-hybridized carbons (Fsp3) is 0.100. The third kappa shape index (κ3) is 2.62. The summed E-state index contributed by atoms with van der Waals surface area (Å²) < 4.78 is 0. The summed E-state index contributed by atoms with van der Waals surface area (Å²) in [6, 6.07) is 7.15. The zero-order valence-corrected chi connectivity index (χ0v) is 7.65. The lowest BCUT2D eigenvalue weighted by Crippen LogP contribution is -1.92.